The van der Waals surface area contributed by atoms with E-state index < -0.39 is 17.5 Å². The van der Waals surface area contributed by atoms with Crippen molar-refractivity contribution in [3.8, 4) is 0 Å². The van der Waals surface area contributed by atoms with Gasteiger partial charge in [-0.1, -0.05) is 19.1 Å². The Morgan fingerprint density at radius 2 is 1.91 bits per heavy atom. The van der Waals surface area contributed by atoms with Crippen LogP contribution in [0, 0.1) is 24.0 Å². The summed E-state index contributed by atoms with van der Waals surface area (Å²) in [4.78, 5) is 12.2. The quantitative estimate of drug-likeness (QED) is 0.591. The van der Waals surface area contributed by atoms with Gasteiger partial charge in [0, 0.05) is 22.5 Å². The lowest BCUT2D eigenvalue weighted by Gasteiger charge is -2.10. The van der Waals surface area contributed by atoms with Crippen LogP contribution < -0.4 is 11.1 Å². The summed E-state index contributed by atoms with van der Waals surface area (Å²) < 4.78 is 27.3. The van der Waals surface area contributed by atoms with Crippen LogP contribution in [-0.2, 0) is 0 Å². The summed E-state index contributed by atoms with van der Waals surface area (Å²) in [6.45, 7) is 3.27. The van der Waals surface area contributed by atoms with E-state index in [-0.39, 0.29) is 16.8 Å². The summed E-state index contributed by atoms with van der Waals surface area (Å²) in [5.74, 6) is -2.70. The molecular formula is C17H17F2N3O. The zero-order chi connectivity index (χ0) is 17.1. The molecule has 2 aromatic carbocycles. The number of carbonyl (C=O) groups excluding carboxylic acids is 1. The van der Waals surface area contributed by atoms with Crippen molar-refractivity contribution in [3.63, 3.8) is 0 Å². The summed E-state index contributed by atoms with van der Waals surface area (Å²) in [5, 5.41) is 10.1. The van der Waals surface area contributed by atoms with E-state index in [1.807, 2.05) is 6.92 Å². The number of nitrogens with one attached hydrogen (secondary N) is 2. The Balaban J connectivity index is 2.27. The summed E-state index contributed by atoms with van der Waals surface area (Å²) in [6, 6.07) is 7.16. The molecule has 0 radical (unpaired) electrons. The highest BCUT2D eigenvalue weighted by molar-refractivity contribution is 6.07. The first kappa shape index (κ1) is 16.6. The second kappa shape index (κ2) is 6.56. The molecule has 0 aromatic heterocycles. The van der Waals surface area contributed by atoms with Crippen LogP contribution in [0.3, 0.4) is 0 Å². The van der Waals surface area contributed by atoms with Crippen LogP contribution in [0.1, 0.15) is 34.8 Å². The van der Waals surface area contributed by atoms with Gasteiger partial charge in [0.05, 0.1) is 5.69 Å². The molecular weight excluding hydrogens is 300 g/mol. The molecule has 4 N–H and O–H groups in total. The van der Waals surface area contributed by atoms with Crippen molar-refractivity contribution in [2.24, 2.45) is 0 Å². The molecule has 23 heavy (non-hydrogen) atoms. The van der Waals surface area contributed by atoms with Gasteiger partial charge in [-0.05, 0) is 37.1 Å². The van der Waals surface area contributed by atoms with Crippen LogP contribution in [0.25, 0.3) is 0 Å². The van der Waals surface area contributed by atoms with Gasteiger partial charge in [-0.3, -0.25) is 4.79 Å². The molecule has 2 aromatic rings. The average molecular weight is 317 g/mol. The minimum atomic E-state index is -1.10. The van der Waals surface area contributed by atoms with Gasteiger partial charge >= 0.3 is 0 Å². The highest BCUT2D eigenvalue weighted by atomic mass is 19.2. The van der Waals surface area contributed by atoms with Crippen molar-refractivity contribution in [2.75, 3.05) is 11.1 Å². The Bertz CT molecular complexity index is 788. The average Bonchev–Trinajstić information content (AvgIpc) is 2.54. The fraction of sp³-hybridized carbons (Fsp3) is 0.176. The molecule has 0 spiro atoms. The molecule has 4 nitrogen and oxygen atoms in total. The van der Waals surface area contributed by atoms with Gasteiger partial charge in [0.15, 0.2) is 11.6 Å². The van der Waals surface area contributed by atoms with E-state index in [1.165, 1.54) is 31.2 Å². The SMILES string of the molecule is CCC(=N)c1ccc(C(=O)Nc2ccc(C)c(F)c2F)cc1N. The number of anilines is 2. The molecule has 1 amide bonds. The number of aryl methyl sites for hydroxylation is 1. The van der Waals surface area contributed by atoms with Gasteiger partial charge in [-0.2, -0.15) is 0 Å². The summed E-state index contributed by atoms with van der Waals surface area (Å²) in [7, 11) is 0. The van der Waals surface area contributed by atoms with Crippen LogP contribution >= 0.6 is 0 Å². The molecule has 0 saturated carbocycles. The van der Waals surface area contributed by atoms with Crippen LogP contribution in [0.2, 0.25) is 0 Å². The molecule has 0 unspecified atom stereocenters. The molecule has 120 valence electrons. The predicted octanol–water partition coefficient (Wildman–Crippen LogP) is 3.89. The van der Waals surface area contributed by atoms with E-state index in [0.29, 0.717) is 23.4 Å². The maximum Gasteiger partial charge on any atom is 0.255 e. The Morgan fingerprint density at radius 3 is 2.52 bits per heavy atom. The first-order valence-electron chi connectivity index (χ1n) is 7.08. The number of hydrogen-bond donors (Lipinski definition) is 3. The standard InChI is InChI=1S/C17H17F2N3O/c1-3-12(20)11-6-5-10(8-13(11)21)17(23)22-14-7-4-9(2)15(18)16(14)19/h4-8,20H,3,21H2,1-2H3,(H,22,23). The lowest BCUT2D eigenvalue weighted by atomic mass is 10.0. The van der Waals surface area contributed by atoms with Crippen LogP contribution in [0.5, 0.6) is 0 Å². The van der Waals surface area contributed by atoms with Gasteiger partial charge in [0.2, 0.25) is 0 Å². The second-order valence-corrected chi connectivity index (χ2v) is 5.15. The Morgan fingerprint density at radius 1 is 1.22 bits per heavy atom. The molecule has 0 saturated heterocycles. The van der Waals surface area contributed by atoms with E-state index in [0.717, 1.165) is 0 Å². The number of benzene rings is 2. The zero-order valence-corrected chi connectivity index (χ0v) is 12.8. The Kier molecular flexibility index (Phi) is 4.74. The van der Waals surface area contributed by atoms with Gasteiger partial charge in [0.1, 0.15) is 0 Å². The minimum Gasteiger partial charge on any atom is -0.398 e. The molecule has 0 aliphatic heterocycles. The van der Waals surface area contributed by atoms with Crippen molar-refractivity contribution >= 4 is 23.0 Å². The van der Waals surface area contributed by atoms with Crippen molar-refractivity contribution in [1.82, 2.24) is 0 Å². The number of rotatable bonds is 4. The van der Waals surface area contributed by atoms with Crippen LogP contribution in [-0.4, -0.2) is 11.6 Å². The number of carbonyl (C=O) groups is 1. The Hall–Kier alpha value is -2.76. The summed E-state index contributed by atoms with van der Waals surface area (Å²) >= 11 is 0. The van der Waals surface area contributed by atoms with Crippen molar-refractivity contribution in [3.05, 3.63) is 58.7 Å². The molecule has 0 bridgehead atoms. The predicted molar refractivity (Wildman–Crippen MR) is 87.0 cm³/mol. The largest absolute Gasteiger partial charge is 0.398 e. The first-order valence-corrected chi connectivity index (χ1v) is 7.08. The van der Waals surface area contributed by atoms with Gasteiger partial charge < -0.3 is 16.5 Å². The van der Waals surface area contributed by atoms with E-state index in [1.54, 1.807) is 6.07 Å². The van der Waals surface area contributed by atoms with E-state index in [4.69, 9.17) is 11.1 Å². The minimum absolute atomic E-state index is 0.159. The third-order valence-corrected chi connectivity index (χ3v) is 3.52. The molecule has 0 aliphatic carbocycles. The third-order valence-electron chi connectivity index (χ3n) is 3.52. The number of amides is 1. The van der Waals surface area contributed by atoms with Crippen LogP contribution in [0.15, 0.2) is 30.3 Å². The van der Waals surface area contributed by atoms with Gasteiger partial charge in [-0.25, -0.2) is 8.78 Å². The summed E-state index contributed by atoms with van der Waals surface area (Å²) in [6.07, 6.45) is 0.517. The van der Waals surface area contributed by atoms with Crippen molar-refractivity contribution in [2.45, 2.75) is 20.3 Å². The van der Waals surface area contributed by atoms with E-state index in [9.17, 15) is 13.6 Å². The second-order valence-electron chi connectivity index (χ2n) is 5.15. The van der Waals surface area contributed by atoms with E-state index >= 15 is 0 Å². The van der Waals surface area contributed by atoms with Crippen molar-refractivity contribution in [1.29, 1.82) is 5.41 Å². The fourth-order valence-electron chi connectivity index (χ4n) is 2.11. The number of nitrogen functional groups attached to an aromatic ring is 1. The smallest absolute Gasteiger partial charge is 0.255 e. The maximum absolute atomic E-state index is 13.8. The monoisotopic (exact) mass is 317 g/mol. The molecule has 0 heterocycles. The first-order chi connectivity index (χ1) is 10.8. The molecule has 2 rings (SSSR count). The summed E-state index contributed by atoms with van der Waals surface area (Å²) in [5.41, 5.74) is 7.18. The lowest BCUT2D eigenvalue weighted by Crippen LogP contribution is -2.15. The van der Waals surface area contributed by atoms with Gasteiger partial charge in [-0.15, -0.1) is 0 Å². The number of halogens is 2. The van der Waals surface area contributed by atoms with E-state index in [2.05, 4.69) is 5.32 Å². The number of hydrogen-bond acceptors (Lipinski definition) is 3. The Labute approximate surface area is 132 Å². The highest BCUT2D eigenvalue weighted by Gasteiger charge is 2.15. The molecule has 0 atom stereocenters. The lowest BCUT2D eigenvalue weighted by molar-refractivity contribution is 0.102. The maximum atomic E-state index is 13.8. The molecule has 0 aliphatic rings. The zero-order valence-electron chi connectivity index (χ0n) is 12.8. The highest BCUT2D eigenvalue weighted by Crippen LogP contribution is 2.22. The topological polar surface area (TPSA) is 79.0 Å². The van der Waals surface area contributed by atoms with Crippen molar-refractivity contribution < 1.29 is 13.6 Å². The van der Waals surface area contributed by atoms with Gasteiger partial charge in [0.25, 0.3) is 5.91 Å². The number of nitrogens with two attached hydrogens (primary N) is 1. The molecule has 6 heteroatoms. The third kappa shape index (κ3) is 3.36. The molecule has 0 fully saturated rings. The fourth-order valence-corrected chi connectivity index (χ4v) is 2.11. The van der Waals surface area contributed by atoms with Crippen LogP contribution in [0.4, 0.5) is 20.2 Å². The normalized spacial score (nSPS) is 10.4.